The first-order chi connectivity index (χ1) is 10.1. The van der Waals surface area contributed by atoms with Crippen LogP contribution in [-0.2, 0) is 6.42 Å². The fourth-order valence-corrected chi connectivity index (χ4v) is 3.55. The summed E-state index contributed by atoms with van der Waals surface area (Å²) in [6.07, 6.45) is 0.876. The first-order valence-electron chi connectivity index (χ1n) is 7.13. The second kappa shape index (κ2) is 5.88. The molecule has 0 aliphatic heterocycles. The van der Waals surface area contributed by atoms with E-state index in [9.17, 15) is 0 Å². The molecule has 0 fully saturated rings. The Hall–Kier alpha value is -1.84. The van der Waals surface area contributed by atoms with E-state index in [-0.39, 0.29) is 6.04 Å². The molecule has 21 heavy (non-hydrogen) atoms. The lowest BCUT2D eigenvalue weighted by molar-refractivity contribution is 0.726. The van der Waals surface area contributed by atoms with E-state index in [1.807, 2.05) is 0 Å². The lowest BCUT2D eigenvalue weighted by Crippen LogP contribution is -2.15. The van der Waals surface area contributed by atoms with Crippen molar-refractivity contribution in [2.45, 2.75) is 12.5 Å². The SMILES string of the molecule is CN(C)c1cccc(C(N)Cc2csc3ccccc23)c1. The number of nitrogens with two attached hydrogens (primary N) is 1. The fraction of sp³-hybridized carbons (Fsp3) is 0.222. The summed E-state index contributed by atoms with van der Waals surface area (Å²) >= 11 is 1.80. The van der Waals surface area contributed by atoms with Crippen LogP contribution in [0.3, 0.4) is 0 Å². The predicted octanol–water partition coefficient (Wildman–Crippen LogP) is 4.21. The van der Waals surface area contributed by atoms with Crippen LogP contribution in [0.4, 0.5) is 5.69 Å². The van der Waals surface area contributed by atoms with Crippen molar-refractivity contribution < 1.29 is 0 Å². The van der Waals surface area contributed by atoms with Crippen LogP contribution in [0.25, 0.3) is 10.1 Å². The molecule has 0 saturated carbocycles. The van der Waals surface area contributed by atoms with Crippen LogP contribution in [0.1, 0.15) is 17.2 Å². The van der Waals surface area contributed by atoms with Crippen molar-refractivity contribution in [3.63, 3.8) is 0 Å². The smallest absolute Gasteiger partial charge is 0.0364 e. The van der Waals surface area contributed by atoms with Crippen molar-refractivity contribution in [2.24, 2.45) is 5.73 Å². The first kappa shape index (κ1) is 14.1. The summed E-state index contributed by atoms with van der Waals surface area (Å²) in [6, 6.07) is 17.0. The maximum atomic E-state index is 6.43. The Kier molecular flexibility index (Phi) is 3.95. The number of benzene rings is 2. The normalized spacial score (nSPS) is 12.5. The number of nitrogens with zero attached hydrogens (tertiary/aromatic N) is 1. The molecule has 0 aliphatic carbocycles. The summed E-state index contributed by atoms with van der Waals surface area (Å²) in [6.45, 7) is 0. The van der Waals surface area contributed by atoms with Gasteiger partial charge in [0.15, 0.2) is 0 Å². The number of hydrogen-bond donors (Lipinski definition) is 1. The molecule has 1 atom stereocenters. The van der Waals surface area contributed by atoms with Crippen molar-refractivity contribution in [3.05, 3.63) is 65.0 Å². The van der Waals surface area contributed by atoms with Crippen LogP contribution in [0.15, 0.2) is 53.9 Å². The lowest BCUT2D eigenvalue weighted by atomic mass is 9.99. The summed E-state index contributed by atoms with van der Waals surface area (Å²) in [4.78, 5) is 2.11. The van der Waals surface area contributed by atoms with Crippen molar-refractivity contribution in [1.29, 1.82) is 0 Å². The zero-order chi connectivity index (χ0) is 14.8. The van der Waals surface area contributed by atoms with E-state index in [1.54, 1.807) is 11.3 Å². The summed E-state index contributed by atoms with van der Waals surface area (Å²) in [7, 11) is 4.11. The quantitative estimate of drug-likeness (QED) is 0.781. The first-order valence-corrected chi connectivity index (χ1v) is 8.01. The van der Waals surface area contributed by atoms with Crippen LogP contribution < -0.4 is 10.6 Å². The number of fused-ring (bicyclic) bond motifs is 1. The number of anilines is 1. The minimum atomic E-state index is 0.0305. The lowest BCUT2D eigenvalue weighted by Gasteiger charge is -2.17. The highest BCUT2D eigenvalue weighted by Gasteiger charge is 2.11. The van der Waals surface area contributed by atoms with E-state index in [1.165, 1.54) is 26.9 Å². The number of thiophene rings is 1. The van der Waals surface area contributed by atoms with E-state index in [0.717, 1.165) is 6.42 Å². The Morgan fingerprint density at radius 3 is 2.71 bits per heavy atom. The van der Waals surface area contributed by atoms with Gasteiger partial charge in [0.25, 0.3) is 0 Å². The molecule has 0 aliphatic rings. The van der Waals surface area contributed by atoms with E-state index in [2.05, 4.69) is 72.9 Å². The molecule has 2 nitrogen and oxygen atoms in total. The topological polar surface area (TPSA) is 29.3 Å². The Morgan fingerprint density at radius 2 is 1.90 bits per heavy atom. The maximum Gasteiger partial charge on any atom is 0.0364 e. The van der Waals surface area contributed by atoms with Gasteiger partial charge in [-0.3, -0.25) is 0 Å². The summed E-state index contributed by atoms with van der Waals surface area (Å²) < 4.78 is 1.33. The minimum absolute atomic E-state index is 0.0305. The molecule has 1 unspecified atom stereocenters. The summed E-state index contributed by atoms with van der Waals surface area (Å²) in [5.41, 5.74) is 10.2. The van der Waals surface area contributed by atoms with Gasteiger partial charge in [-0.25, -0.2) is 0 Å². The zero-order valence-electron chi connectivity index (χ0n) is 12.4. The average molecular weight is 296 g/mol. The van der Waals surface area contributed by atoms with Gasteiger partial charge in [-0.1, -0.05) is 30.3 Å². The molecule has 0 radical (unpaired) electrons. The third-order valence-corrected chi connectivity index (χ3v) is 4.83. The standard InChI is InChI=1S/C18H20N2S/c1-20(2)15-7-5-6-13(10-15)17(19)11-14-12-21-18-9-4-3-8-16(14)18/h3-10,12,17H,11,19H2,1-2H3. The Labute approximate surface area is 129 Å². The van der Waals surface area contributed by atoms with Gasteiger partial charge in [0.05, 0.1) is 0 Å². The summed E-state index contributed by atoms with van der Waals surface area (Å²) in [5, 5.41) is 3.57. The highest BCUT2D eigenvalue weighted by Crippen LogP contribution is 2.29. The monoisotopic (exact) mass is 296 g/mol. The van der Waals surface area contributed by atoms with Gasteiger partial charge in [0, 0.05) is 30.5 Å². The van der Waals surface area contributed by atoms with Gasteiger partial charge >= 0.3 is 0 Å². The molecule has 2 aromatic carbocycles. The molecule has 3 aromatic rings. The number of rotatable bonds is 4. The van der Waals surface area contributed by atoms with Gasteiger partial charge in [0.1, 0.15) is 0 Å². The molecule has 0 saturated heterocycles. The van der Waals surface area contributed by atoms with E-state index in [0.29, 0.717) is 0 Å². The van der Waals surface area contributed by atoms with Crippen LogP contribution >= 0.6 is 11.3 Å². The largest absolute Gasteiger partial charge is 0.378 e. The molecule has 3 rings (SSSR count). The molecule has 0 bridgehead atoms. The highest BCUT2D eigenvalue weighted by molar-refractivity contribution is 7.17. The Balaban J connectivity index is 1.86. The predicted molar refractivity (Wildman–Crippen MR) is 93.2 cm³/mol. The van der Waals surface area contributed by atoms with Crippen LogP contribution in [0, 0.1) is 0 Å². The van der Waals surface area contributed by atoms with Crippen molar-refractivity contribution in [2.75, 3.05) is 19.0 Å². The van der Waals surface area contributed by atoms with Crippen LogP contribution in [-0.4, -0.2) is 14.1 Å². The van der Waals surface area contributed by atoms with Crippen LogP contribution in [0.2, 0.25) is 0 Å². The third kappa shape index (κ3) is 2.94. The van der Waals surface area contributed by atoms with E-state index >= 15 is 0 Å². The van der Waals surface area contributed by atoms with E-state index < -0.39 is 0 Å². The molecule has 1 heterocycles. The highest BCUT2D eigenvalue weighted by atomic mass is 32.1. The zero-order valence-corrected chi connectivity index (χ0v) is 13.2. The van der Waals surface area contributed by atoms with Gasteiger partial charge < -0.3 is 10.6 Å². The molecule has 3 heteroatoms. The molecular weight excluding hydrogens is 276 g/mol. The minimum Gasteiger partial charge on any atom is -0.378 e. The molecule has 108 valence electrons. The Bertz CT molecular complexity index is 746. The van der Waals surface area contributed by atoms with Gasteiger partial charge in [0.2, 0.25) is 0 Å². The van der Waals surface area contributed by atoms with Crippen molar-refractivity contribution >= 4 is 27.1 Å². The Morgan fingerprint density at radius 1 is 1.10 bits per heavy atom. The summed E-state index contributed by atoms with van der Waals surface area (Å²) in [5.74, 6) is 0. The molecule has 0 spiro atoms. The molecular formula is C18H20N2S. The van der Waals surface area contributed by atoms with E-state index in [4.69, 9.17) is 5.73 Å². The molecule has 1 aromatic heterocycles. The van der Waals surface area contributed by atoms with Gasteiger partial charge in [-0.05, 0) is 46.5 Å². The second-order valence-corrected chi connectivity index (χ2v) is 6.47. The fourth-order valence-electron chi connectivity index (χ4n) is 2.58. The van der Waals surface area contributed by atoms with Crippen molar-refractivity contribution in [1.82, 2.24) is 0 Å². The third-order valence-electron chi connectivity index (χ3n) is 3.82. The molecule has 2 N–H and O–H groups in total. The molecule has 0 amide bonds. The van der Waals surface area contributed by atoms with Crippen LogP contribution in [0.5, 0.6) is 0 Å². The number of hydrogen-bond acceptors (Lipinski definition) is 3. The van der Waals surface area contributed by atoms with Gasteiger partial charge in [-0.2, -0.15) is 0 Å². The van der Waals surface area contributed by atoms with Crippen molar-refractivity contribution in [3.8, 4) is 0 Å². The average Bonchev–Trinajstić information content (AvgIpc) is 2.91. The second-order valence-electron chi connectivity index (χ2n) is 5.56. The maximum absolute atomic E-state index is 6.43. The van der Waals surface area contributed by atoms with Gasteiger partial charge in [-0.15, -0.1) is 11.3 Å².